The zero-order valence-corrected chi connectivity index (χ0v) is 18.9. The maximum Gasteiger partial charge on any atom is 0.254 e. The molecule has 6 heteroatoms. The van der Waals surface area contributed by atoms with Gasteiger partial charge in [0.25, 0.3) is 5.91 Å². The van der Waals surface area contributed by atoms with E-state index in [1.165, 1.54) is 24.3 Å². The molecule has 176 valence electrons. The van der Waals surface area contributed by atoms with Crippen LogP contribution in [-0.4, -0.2) is 59.1 Å². The number of aliphatic hydroxyl groups is 1. The average Bonchev–Trinajstić information content (AvgIpc) is 2.83. The number of amides is 1. The van der Waals surface area contributed by atoms with Crippen molar-refractivity contribution in [2.24, 2.45) is 0 Å². The number of benzene rings is 3. The molecule has 2 heterocycles. The molecule has 1 N–H and O–H groups in total. The van der Waals surface area contributed by atoms with Crippen LogP contribution in [0.5, 0.6) is 0 Å². The fourth-order valence-electron chi connectivity index (χ4n) is 5.47. The number of hydrogen-bond donors (Lipinski definition) is 1. The molecule has 3 aromatic carbocycles. The first-order valence-corrected chi connectivity index (χ1v) is 11.8. The van der Waals surface area contributed by atoms with E-state index in [0.29, 0.717) is 18.7 Å². The number of carbonyl (C=O) groups excluding carboxylic acids is 1. The van der Waals surface area contributed by atoms with Crippen molar-refractivity contribution < 1.29 is 18.7 Å². The van der Waals surface area contributed by atoms with Crippen LogP contribution >= 0.6 is 0 Å². The van der Waals surface area contributed by atoms with E-state index in [-0.39, 0.29) is 36.3 Å². The molecule has 0 spiro atoms. The maximum atomic E-state index is 13.7. The van der Waals surface area contributed by atoms with Crippen molar-refractivity contribution in [3.63, 3.8) is 0 Å². The third-order valence-electron chi connectivity index (χ3n) is 7.20. The molecular weight excluding hydrogens is 434 g/mol. The Kier molecular flexibility index (Phi) is 6.44. The standard InChI is InChI=1S/C28H28F2N2O2/c29-23-12-10-20(11-13-23)19-6-8-21(9-7-19)27-25-17-31(14-1-2-15-32(25)26(27)18-33)28(34)22-4-3-5-24(30)16-22/h3-13,16,25-27,33H,1-2,14-15,17-18H2/t25-,26+,27-/m0/s1. The molecule has 2 saturated heterocycles. The van der Waals surface area contributed by atoms with Gasteiger partial charge in [-0.25, -0.2) is 8.78 Å². The fraction of sp³-hybridized carbons (Fsp3) is 0.321. The van der Waals surface area contributed by atoms with Crippen LogP contribution in [0.1, 0.15) is 34.7 Å². The number of hydrogen-bond acceptors (Lipinski definition) is 3. The van der Waals surface area contributed by atoms with E-state index in [9.17, 15) is 18.7 Å². The van der Waals surface area contributed by atoms with E-state index in [4.69, 9.17) is 0 Å². The molecule has 5 rings (SSSR count). The van der Waals surface area contributed by atoms with E-state index < -0.39 is 5.82 Å². The molecule has 0 bridgehead atoms. The summed E-state index contributed by atoms with van der Waals surface area (Å²) in [5.41, 5.74) is 3.43. The summed E-state index contributed by atoms with van der Waals surface area (Å²) in [6.45, 7) is 2.12. The molecule has 3 atom stereocenters. The van der Waals surface area contributed by atoms with Gasteiger partial charge in [-0.3, -0.25) is 9.69 Å². The van der Waals surface area contributed by atoms with E-state index in [1.54, 1.807) is 24.3 Å². The van der Waals surface area contributed by atoms with Gasteiger partial charge < -0.3 is 10.0 Å². The summed E-state index contributed by atoms with van der Waals surface area (Å²) in [7, 11) is 0. The number of nitrogens with zero attached hydrogens (tertiary/aromatic N) is 2. The highest BCUT2D eigenvalue weighted by atomic mass is 19.1. The zero-order valence-electron chi connectivity index (χ0n) is 18.9. The Morgan fingerprint density at radius 1 is 0.882 bits per heavy atom. The minimum Gasteiger partial charge on any atom is -0.395 e. The van der Waals surface area contributed by atoms with Crippen molar-refractivity contribution in [2.75, 3.05) is 26.2 Å². The minimum absolute atomic E-state index is 0.00546. The Bertz CT molecular complexity index is 1150. The van der Waals surface area contributed by atoms with Gasteiger partial charge in [0, 0.05) is 36.7 Å². The Morgan fingerprint density at radius 2 is 1.56 bits per heavy atom. The topological polar surface area (TPSA) is 43.8 Å². The van der Waals surface area contributed by atoms with Crippen LogP contribution in [0, 0.1) is 11.6 Å². The van der Waals surface area contributed by atoms with Gasteiger partial charge in [-0.1, -0.05) is 42.5 Å². The lowest BCUT2D eigenvalue weighted by Crippen LogP contribution is -2.67. The predicted molar refractivity (Wildman–Crippen MR) is 127 cm³/mol. The Morgan fingerprint density at radius 3 is 2.24 bits per heavy atom. The molecule has 4 nitrogen and oxygen atoms in total. The molecule has 0 saturated carbocycles. The summed E-state index contributed by atoms with van der Waals surface area (Å²) in [4.78, 5) is 17.3. The van der Waals surface area contributed by atoms with Crippen LogP contribution in [0.25, 0.3) is 11.1 Å². The summed E-state index contributed by atoms with van der Waals surface area (Å²) >= 11 is 0. The van der Waals surface area contributed by atoms with E-state index in [0.717, 1.165) is 36.1 Å². The van der Waals surface area contributed by atoms with Gasteiger partial charge in [-0.2, -0.15) is 0 Å². The number of carbonyl (C=O) groups is 1. The molecule has 1 amide bonds. The van der Waals surface area contributed by atoms with Crippen LogP contribution < -0.4 is 0 Å². The molecular formula is C28H28F2N2O2. The monoisotopic (exact) mass is 462 g/mol. The van der Waals surface area contributed by atoms with Crippen molar-refractivity contribution in [2.45, 2.75) is 30.8 Å². The lowest BCUT2D eigenvalue weighted by Gasteiger charge is -2.57. The second-order valence-corrected chi connectivity index (χ2v) is 9.18. The molecule has 2 fully saturated rings. The predicted octanol–water partition coefficient (Wildman–Crippen LogP) is 4.70. The first kappa shape index (κ1) is 22.7. The van der Waals surface area contributed by atoms with E-state index in [2.05, 4.69) is 17.0 Å². The SMILES string of the molecule is O=C(c1cccc(F)c1)N1CCCCN2[C@H](CO)[C@@H](c3ccc(-c4ccc(F)cc4)cc3)[C@@H]2C1. The van der Waals surface area contributed by atoms with Crippen LogP contribution in [-0.2, 0) is 0 Å². The van der Waals surface area contributed by atoms with Crippen molar-refractivity contribution >= 4 is 5.91 Å². The zero-order chi connectivity index (χ0) is 23.7. The van der Waals surface area contributed by atoms with Gasteiger partial charge >= 0.3 is 0 Å². The van der Waals surface area contributed by atoms with Crippen molar-refractivity contribution in [3.8, 4) is 11.1 Å². The Hall–Kier alpha value is -3.09. The minimum atomic E-state index is -0.414. The van der Waals surface area contributed by atoms with Gasteiger partial charge in [0.1, 0.15) is 11.6 Å². The second-order valence-electron chi connectivity index (χ2n) is 9.18. The summed E-state index contributed by atoms with van der Waals surface area (Å²) in [6.07, 6.45) is 1.82. The van der Waals surface area contributed by atoms with Gasteiger partial charge in [0.15, 0.2) is 0 Å². The van der Waals surface area contributed by atoms with Gasteiger partial charge in [-0.05, 0) is 66.4 Å². The number of aliphatic hydroxyl groups excluding tert-OH is 1. The van der Waals surface area contributed by atoms with Crippen LogP contribution in [0.3, 0.4) is 0 Å². The third-order valence-corrected chi connectivity index (χ3v) is 7.20. The molecule has 0 radical (unpaired) electrons. The smallest absolute Gasteiger partial charge is 0.254 e. The van der Waals surface area contributed by atoms with Crippen molar-refractivity contribution in [3.05, 3.63) is 95.6 Å². The Labute approximate surface area is 198 Å². The van der Waals surface area contributed by atoms with E-state index >= 15 is 0 Å². The number of fused-ring (bicyclic) bond motifs is 1. The number of halogens is 2. The first-order valence-electron chi connectivity index (χ1n) is 11.8. The largest absolute Gasteiger partial charge is 0.395 e. The summed E-state index contributed by atoms with van der Waals surface area (Å²) < 4.78 is 27.0. The lowest BCUT2D eigenvalue weighted by atomic mass is 9.74. The summed E-state index contributed by atoms with van der Waals surface area (Å²) in [5.74, 6) is -0.739. The third kappa shape index (κ3) is 4.36. The average molecular weight is 463 g/mol. The molecule has 0 aromatic heterocycles. The first-order chi connectivity index (χ1) is 16.5. The van der Waals surface area contributed by atoms with Crippen LogP contribution in [0.2, 0.25) is 0 Å². The normalized spacial score (nSPS) is 22.9. The van der Waals surface area contributed by atoms with Gasteiger partial charge in [0.05, 0.1) is 6.61 Å². The quantitative estimate of drug-likeness (QED) is 0.612. The van der Waals surface area contributed by atoms with Crippen molar-refractivity contribution in [1.29, 1.82) is 0 Å². The fourth-order valence-corrected chi connectivity index (χ4v) is 5.47. The summed E-state index contributed by atoms with van der Waals surface area (Å²) in [5, 5.41) is 10.2. The maximum absolute atomic E-state index is 13.7. The van der Waals surface area contributed by atoms with Gasteiger partial charge in [-0.15, -0.1) is 0 Å². The molecule has 0 unspecified atom stereocenters. The lowest BCUT2D eigenvalue weighted by molar-refractivity contribution is -0.0606. The molecule has 2 aliphatic rings. The highest BCUT2D eigenvalue weighted by molar-refractivity contribution is 5.94. The molecule has 0 aliphatic carbocycles. The van der Waals surface area contributed by atoms with Gasteiger partial charge in [0.2, 0.25) is 0 Å². The number of rotatable bonds is 4. The molecule has 3 aromatic rings. The van der Waals surface area contributed by atoms with Crippen LogP contribution in [0.15, 0.2) is 72.8 Å². The van der Waals surface area contributed by atoms with Crippen molar-refractivity contribution in [1.82, 2.24) is 9.80 Å². The Balaban J connectivity index is 1.39. The summed E-state index contributed by atoms with van der Waals surface area (Å²) in [6, 6.07) is 20.6. The molecule has 2 aliphatic heterocycles. The highest BCUT2D eigenvalue weighted by Gasteiger charge is 2.49. The van der Waals surface area contributed by atoms with E-state index in [1.807, 2.05) is 17.0 Å². The van der Waals surface area contributed by atoms with Crippen LogP contribution in [0.4, 0.5) is 8.78 Å². The second kappa shape index (κ2) is 9.65. The highest BCUT2D eigenvalue weighted by Crippen LogP contribution is 2.42. The molecule has 34 heavy (non-hydrogen) atoms.